The van der Waals surface area contributed by atoms with Crippen LogP contribution in [0.15, 0.2) is 12.2 Å². The van der Waals surface area contributed by atoms with Crippen LogP contribution in [0.1, 0.15) is 20.8 Å². The van der Waals surface area contributed by atoms with Crippen molar-refractivity contribution in [1.29, 1.82) is 0 Å². The van der Waals surface area contributed by atoms with Crippen molar-refractivity contribution in [3.8, 4) is 0 Å². The van der Waals surface area contributed by atoms with E-state index in [1.165, 1.54) is 0 Å². The molecule has 0 aromatic heterocycles. The van der Waals surface area contributed by atoms with Crippen molar-refractivity contribution in [2.45, 2.75) is 20.8 Å². The van der Waals surface area contributed by atoms with Gasteiger partial charge >= 0.3 is 5.97 Å². The number of rotatable bonds is 7. The van der Waals surface area contributed by atoms with Crippen molar-refractivity contribution in [2.24, 2.45) is 0 Å². The molecule has 0 aromatic rings. The zero-order valence-corrected chi connectivity index (χ0v) is 11.5. The Balaban J connectivity index is 0. The topological polar surface area (TPSA) is 32.8 Å². The molecule has 0 aliphatic rings. The Morgan fingerprint density at radius 2 is 1.81 bits per heavy atom. The van der Waals surface area contributed by atoms with E-state index in [9.17, 15) is 4.79 Å². The van der Waals surface area contributed by atoms with Crippen LogP contribution in [0, 0.1) is 0 Å². The van der Waals surface area contributed by atoms with Gasteiger partial charge in [0.05, 0.1) is 0 Å². The number of carbonyl (C=O) groups is 1. The summed E-state index contributed by atoms with van der Waals surface area (Å²) in [6.07, 6.45) is 0. The highest BCUT2D eigenvalue weighted by Crippen LogP contribution is 1.96. The minimum absolute atomic E-state index is 0. The predicted octanol–water partition coefficient (Wildman–Crippen LogP) is 1.72. The number of esters is 1. The molecular formula is C11H23ClN2O2. The molecular weight excluding hydrogens is 228 g/mol. The van der Waals surface area contributed by atoms with E-state index in [1.54, 1.807) is 6.92 Å². The first-order valence-electron chi connectivity index (χ1n) is 5.31. The van der Waals surface area contributed by atoms with Gasteiger partial charge in [-0.15, -0.1) is 12.4 Å². The average molecular weight is 251 g/mol. The molecule has 0 N–H and O–H groups in total. The second kappa shape index (κ2) is 9.63. The summed E-state index contributed by atoms with van der Waals surface area (Å²) < 4.78 is 5.01. The maximum atomic E-state index is 11.1. The van der Waals surface area contributed by atoms with Crippen LogP contribution in [0.3, 0.4) is 0 Å². The van der Waals surface area contributed by atoms with Gasteiger partial charge in [-0.2, -0.15) is 0 Å². The summed E-state index contributed by atoms with van der Waals surface area (Å²) in [5.74, 6) is -0.317. The zero-order chi connectivity index (χ0) is 11.8. The third-order valence-electron chi connectivity index (χ3n) is 2.21. The Labute approximate surface area is 105 Å². The first-order chi connectivity index (χ1) is 7.02. The summed E-state index contributed by atoms with van der Waals surface area (Å²) in [6, 6.07) is 0. The third-order valence-corrected chi connectivity index (χ3v) is 2.21. The van der Waals surface area contributed by atoms with Crippen LogP contribution in [0.25, 0.3) is 0 Å². The smallest absolute Gasteiger partial charge is 0.333 e. The first kappa shape index (κ1) is 17.8. The molecule has 96 valence electrons. The largest absolute Gasteiger partial charge is 0.461 e. The summed E-state index contributed by atoms with van der Waals surface area (Å²) in [5.41, 5.74) is 0.445. The second-order valence-electron chi connectivity index (χ2n) is 3.44. The zero-order valence-electron chi connectivity index (χ0n) is 10.7. The van der Waals surface area contributed by atoms with Crippen LogP contribution in [-0.2, 0) is 9.53 Å². The van der Waals surface area contributed by atoms with Gasteiger partial charge in [0.1, 0.15) is 6.61 Å². The van der Waals surface area contributed by atoms with Crippen molar-refractivity contribution >= 4 is 18.4 Å². The normalized spacial score (nSPS) is 10.1. The quantitative estimate of drug-likeness (QED) is 0.391. The fourth-order valence-corrected chi connectivity index (χ4v) is 1.24. The molecule has 0 unspecified atom stereocenters. The molecule has 0 rings (SSSR count). The molecule has 0 spiro atoms. The van der Waals surface area contributed by atoms with E-state index in [2.05, 4.69) is 30.4 Å². The number of hydrogen-bond donors (Lipinski definition) is 0. The van der Waals surface area contributed by atoms with E-state index < -0.39 is 0 Å². The van der Waals surface area contributed by atoms with Gasteiger partial charge in [0.2, 0.25) is 0 Å². The van der Waals surface area contributed by atoms with Gasteiger partial charge in [-0.3, -0.25) is 0 Å². The molecule has 0 saturated carbocycles. The third kappa shape index (κ3) is 6.82. The van der Waals surface area contributed by atoms with Crippen molar-refractivity contribution in [1.82, 2.24) is 10.0 Å². The number of halogens is 1. The number of hydrazine groups is 1. The van der Waals surface area contributed by atoms with Gasteiger partial charge in [0.15, 0.2) is 0 Å². The molecule has 0 aliphatic carbocycles. The standard InChI is InChI=1S/C11H22N2O2.ClH/c1-6-13(7-2)12(5)8-9-15-11(14)10(3)4;/h3,6-9H2,1-2,4-5H3;1H. The van der Waals surface area contributed by atoms with Gasteiger partial charge < -0.3 is 4.74 Å². The summed E-state index contributed by atoms with van der Waals surface area (Å²) in [7, 11) is 1.99. The molecule has 0 aromatic carbocycles. The lowest BCUT2D eigenvalue weighted by Crippen LogP contribution is -2.41. The van der Waals surface area contributed by atoms with E-state index >= 15 is 0 Å². The summed E-state index contributed by atoms with van der Waals surface area (Å²) in [6.45, 7) is 12.4. The van der Waals surface area contributed by atoms with Gasteiger partial charge in [-0.1, -0.05) is 20.4 Å². The maximum Gasteiger partial charge on any atom is 0.333 e. The van der Waals surface area contributed by atoms with E-state index in [1.807, 2.05) is 7.05 Å². The Bertz CT molecular complexity index is 218. The average Bonchev–Trinajstić information content (AvgIpc) is 2.19. The molecule has 16 heavy (non-hydrogen) atoms. The summed E-state index contributed by atoms with van der Waals surface area (Å²) >= 11 is 0. The van der Waals surface area contributed by atoms with Crippen LogP contribution in [0.2, 0.25) is 0 Å². The van der Waals surface area contributed by atoms with Gasteiger partial charge in [-0.05, 0) is 6.92 Å². The molecule has 0 atom stereocenters. The van der Waals surface area contributed by atoms with E-state index in [0.29, 0.717) is 18.7 Å². The van der Waals surface area contributed by atoms with Crippen LogP contribution < -0.4 is 0 Å². The minimum Gasteiger partial charge on any atom is -0.461 e. The fourth-order valence-electron chi connectivity index (χ4n) is 1.24. The van der Waals surface area contributed by atoms with Crippen LogP contribution >= 0.6 is 12.4 Å². The molecule has 0 radical (unpaired) electrons. The molecule has 4 nitrogen and oxygen atoms in total. The Hall–Kier alpha value is -0.580. The summed E-state index contributed by atoms with van der Waals surface area (Å²) in [4.78, 5) is 11.1. The summed E-state index contributed by atoms with van der Waals surface area (Å²) in [5, 5.41) is 4.24. The van der Waals surface area contributed by atoms with E-state index in [0.717, 1.165) is 13.1 Å². The SMILES string of the molecule is C=C(C)C(=O)OCCN(C)N(CC)CC.Cl. The minimum atomic E-state index is -0.317. The van der Waals surface area contributed by atoms with Gasteiger partial charge in [0, 0.05) is 32.3 Å². The Morgan fingerprint density at radius 3 is 2.19 bits per heavy atom. The Morgan fingerprint density at radius 1 is 1.31 bits per heavy atom. The first-order valence-corrected chi connectivity index (χ1v) is 5.31. The molecule has 0 bridgehead atoms. The highest BCUT2D eigenvalue weighted by Gasteiger charge is 2.08. The van der Waals surface area contributed by atoms with Crippen LogP contribution in [-0.4, -0.2) is 49.3 Å². The predicted molar refractivity (Wildman–Crippen MR) is 68.6 cm³/mol. The van der Waals surface area contributed by atoms with Crippen molar-refractivity contribution < 1.29 is 9.53 Å². The van der Waals surface area contributed by atoms with E-state index in [-0.39, 0.29) is 18.4 Å². The molecule has 0 fully saturated rings. The lowest BCUT2D eigenvalue weighted by Gasteiger charge is -2.29. The number of hydrogen-bond acceptors (Lipinski definition) is 4. The number of carbonyl (C=O) groups excluding carboxylic acids is 1. The Kier molecular flexibility index (Phi) is 10.7. The monoisotopic (exact) mass is 250 g/mol. The maximum absolute atomic E-state index is 11.1. The molecule has 5 heteroatoms. The number of ether oxygens (including phenoxy) is 1. The highest BCUT2D eigenvalue weighted by atomic mass is 35.5. The second-order valence-corrected chi connectivity index (χ2v) is 3.44. The van der Waals surface area contributed by atoms with Crippen molar-refractivity contribution in [3.05, 3.63) is 12.2 Å². The van der Waals surface area contributed by atoms with Gasteiger partial charge in [0.25, 0.3) is 0 Å². The van der Waals surface area contributed by atoms with Crippen molar-refractivity contribution in [3.63, 3.8) is 0 Å². The lowest BCUT2D eigenvalue weighted by atomic mass is 10.4. The molecule has 0 aliphatic heterocycles. The van der Waals surface area contributed by atoms with Crippen molar-refractivity contribution in [2.75, 3.05) is 33.3 Å². The fraction of sp³-hybridized carbons (Fsp3) is 0.727. The molecule has 0 saturated heterocycles. The van der Waals surface area contributed by atoms with Crippen LogP contribution in [0.4, 0.5) is 0 Å². The number of nitrogens with zero attached hydrogens (tertiary/aromatic N) is 2. The highest BCUT2D eigenvalue weighted by molar-refractivity contribution is 5.86. The number of likely N-dealkylation sites (N-methyl/N-ethyl adjacent to an activating group) is 1. The lowest BCUT2D eigenvalue weighted by molar-refractivity contribution is -0.140. The van der Waals surface area contributed by atoms with Crippen LogP contribution in [0.5, 0.6) is 0 Å². The van der Waals surface area contributed by atoms with Gasteiger partial charge in [-0.25, -0.2) is 14.8 Å². The molecule has 0 amide bonds. The van der Waals surface area contributed by atoms with E-state index in [4.69, 9.17) is 4.74 Å². The molecule has 0 heterocycles.